The number of hydrogen-bond donors (Lipinski definition) is 2. The summed E-state index contributed by atoms with van der Waals surface area (Å²) in [6.07, 6.45) is 5.72. The minimum Gasteiger partial charge on any atom is -0.481 e. The number of carboxylic acid groups (broad SMARTS) is 1. The number of aliphatic carboxylic acids is 1. The first kappa shape index (κ1) is 19.9. The van der Waals surface area contributed by atoms with Crippen LogP contribution >= 0.6 is 15.9 Å². The average molecular weight is 450 g/mol. The molecule has 2 bridgehead atoms. The Hall–Kier alpha value is -1.40. The van der Waals surface area contributed by atoms with Gasteiger partial charge in [0.25, 0.3) is 0 Å². The van der Waals surface area contributed by atoms with Crippen LogP contribution in [0.1, 0.15) is 58.3 Å². The van der Waals surface area contributed by atoms with E-state index in [2.05, 4.69) is 15.9 Å². The summed E-state index contributed by atoms with van der Waals surface area (Å²) >= 11 is 3.51. The van der Waals surface area contributed by atoms with E-state index in [4.69, 9.17) is 0 Å². The van der Waals surface area contributed by atoms with E-state index in [0.29, 0.717) is 38.6 Å². The molecule has 0 radical (unpaired) electrons. The summed E-state index contributed by atoms with van der Waals surface area (Å²) in [6, 6.07) is 7.81. The molecule has 0 aromatic heterocycles. The summed E-state index contributed by atoms with van der Waals surface area (Å²) < 4.78 is 0.929. The van der Waals surface area contributed by atoms with Crippen LogP contribution in [-0.4, -0.2) is 34.2 Å². The number of carbonyl (C=O) groups excluding carboxylic acids is 1. The standard InChI is InChI=1S/C22H28BrNO4/c1-20(28)12-15(13-20)18(25)24(17-4-2-3-16(23)11-17)14-21-5-8-22(9-6-21,10-7-21)19(26)27/h2-4,11,15,28H,5-10,12-14H2,1H3,(H,26,27). The van der Waals surface area contributed by atoms with Crippen molar-refractivity contribution in [3.05, 3.63) is 28.7 Å². The third kappa shape index (κ3) is 3.50. The van der Waals surface area contributed by atoms with E-state index in [1.807, 2.05) is 29.2 Å². The van der Waals surface area contributed by atoms with Gasteiger partial charge in [-0.2, -0.15) is 0 Å². The number of benzene rings is 1. The van der Waals surface area contributed by atoms with Crippen molar-refractivity contribution in [3.8, 4) is 0 Å². The minimum atomic E-state index is -0.738. The number of carbonyl (C=O) groups is 2. The Morgan fingerprint density at radius 2 is 1.75 bits per heavy atom. The first-order valence-electron chi connectivity index (χ1n) is 10.2. The second-order valence-electron chi connectivity index (χ2n) is 9.59. The number of amides is 1. The monoisotopic (exact) mass is 449 g/mol. The topological polar surface area (TPSA) is 77.8 Å². The maximum absolute atomic E-state index is 13.3. The van der Waals surface area contributed by atoms with E-state index in [9.17, 15) is 19.8 Å². The molecule has 152 valence electrons. The van der Waals surface area contributed by atoms with Crippen LogP contribution in [0.2, 0.25) is 0 Å². The SMILES string of the molecule is CC1(O)CC(C(=O)N(CC23CCC(C(=O)O)(CC2)CC3)c2cccc(Br)c2)C1. The van der Waals surface area contributed by atoms with Crippen molar-refractivity contribution in [2.75, 3.05) is 11.4 Å². The molecule has 4 aliphatic carbocycles. The normalized spacial score (nSPS) is 36.6. The van der Waals surface area contributed by atoms with Gasteiger partial charge in [-0.3, -0.25) is 9.59 Å². The van der Waals surface area contributed by atoms with Gasteiger partial charge in [-0.25, -0.2) is 0 Å². The van der Waals surface area contributed by atoms with Crippen molar-refractivity contribution in [1.82, 2.24) is 0 Å². The van der Waals surface area contributed by atoms with Gasteiger partial charge in [0.1, 0.15) is 0 Å². The minimum absolute atomic E-state index is 0.00143. The van der Waals surface area contributed by atoms with Crippen molar-refractivity contribution >= 4 is 33.5 Å². The highest BCUT2D eigenvalue weighted by molar-refractivity contribution is 9.10. The number of nitrogens with zero attached hydrogens (tertiary/aromatic N) is 1. The van der Waals surface area contributed by atoms with Gasteiger partial charge in [-0.1, -0.05) is 22.0 Å². The lowest BCUT2D eigenvalue weighted by Gasteiger charge is -2.53. The fraction of sp³-hybridized carbons (Fsp3) is 0.636. The molecule has 4 fully saturated rings. The van der Waals surface area contributed by atoms with E-state index in [1.54, 1.807) is 6.92 Å². The molecule has 6 heteroatoms. The summed E-state index contributed by atoms with van der Waals surface area (Å²) in [5.41, 5.74) is -0.403. The molecule has 0 spiro atoms. The molecule has 0 aliphatic heterocycles. The number of halogens is 1. The first-order valence-corrected chi connectivity index (χ1v) is 11.0. The Morgan fingerprint density at radius 1 is 1.14 bits per heavy atom. The maximum atomic E-state index is 13.3. The van der Waals surface area contributed by atoms with Crippen LogP contribution in [0.4, 0.5) is 5.69 Å². The van der Waals surface area contributed by atoms with Crippen molar-refractivity contribution in [1.29, 1.82) is 0 Å². The summed E-state index contributed by atoms with van der Waals surface area (Å²) in [5, 5.41) is 19.7. The lowest BCUT2D eigenvalue weighted by atomic mass is 9.53. The van der Waals surface area contributed by atoms with Crippen molar-refractivity contribution in [3.63, 3.8) is 0 Å². The first-order chi connectivity index (χ1) is 13.1. The third-order valence-corrected chi connectivity index (χ3v) is 7.95. The number of hydrogen-bond acceptors (Lipinski definition) is 3. The molecule has 0 atom stereocenters. The van der Waals surface area contributed by atoms with E-state index in [0.717, 1.165) is 29.4 Å². The third-order valence-electron chi connectivity index (χ3n) is 7.46. The summed E-state index contributed by atoms with van der Waals surface area (Å²) in [5.74, 6) is -0.715. The average Bonchev–Trinajstić information content (AvgIpc) is 2.65. The van der Waals surface area contributed by atoms with Crippen LogP contribution in [0.15, 0.2) is 28.7 Å². The van der Waals surface area contributed by atoms with Gasteiger partial charge in [-0.15, -0.1) is 0 Å². The number of carboxylic acids is 1. The van der Waals surface area contributed by atoms with E-state index >= 15 is 0 Å². The van der Waals surface area contributed by atoms with Crippen molar-refractivity contribution < 1.29 is 19.8 Å². The highest BCUT2D eigenvalue weighted by Gasteiger charge is 2.54. The molecule has 1 amide bonds. The Kier molecular flexibility index (Phi) is 4.86. The molecule has 1 aromatic rings. The molecule has 5 nitrogen and oxygen atoms in total. The van der Waals surface area contributed by atoms with Crippen LogP contribution in [0.5, 0.6) is 0 Å². The fourth-order valence-corrected chi connectivity index (χ4v) is 5.88. The number of anilines is 1. The van der Waals surface area contributed by atoms with Gasteiger partial charge >= 0.3 is 5.97 Å². The number of aliphatic hydroxyl groups is 1. The predicted octanol–water partition coefficient (Wildman–Crippen LogP) is 4.37. The zero-order chi connectivity index (χ0) is 20.2. The number of rotatable bonds is 5. The van der Waals surface area contributed by atoms with Gasteiger partial charge in [0.2, 0.25) is 5.91 Å². The fourth-order valence-electron chi connectivity index (χ4n) is 5.49. The summed E-state index contributed by atoms with van der Waals surface area (Å²) in [7, 11) is 0. The summed E-state index contributed by atoms with van der Waals surface area (Å²) in [6.45, 7) is 2.42. The molecule has 0 heterocycles. The molecule has 5 rings (SSSR count). The van der Waals surface area contributed by atoms with Crippen LogP contribution in [0, 0.1) is 16.7 Å². The molecular weight excluding hydrogens is 422 g/mol. The molecular formula is C22H28BrNO4. The zero-order valence-corrected chi connectivity index (χ0v) is 17.9. The van der Waals surface area contributed by atoms with Gasteiger partial charge < -0.3 is 15.1 Å². The van der Waals surface area contributed by atoms with Gasteiger partial charge in [0.15, 0.2) is 0 Å². The van der Waals surface area contributed by atoms with Crippen molar-refractivity contribution in [2.45, 2.75) is 63.9 Å². The molecule has 4 saturated carbocycles. The lowest BCUT2D eigenvalue weighted by Crippen LogP contribution is -2.54. The molecule has 4 aliphatic rings. The van der Waals surface area contributed by atoms with Gasteiger partial charge in [-0.05, 0) is 81.9 Å². The Bertz CT molecular complexity index is 773. The molecule has 2 N–H and O–H groups in total. The second-order valence-corrected chi connectivity index (χ2v) is 10.5. The van der Waals surface area contributed by atoms with E-state index in [-0.39, 0.29) is 17.2 Å². The van der Waals surface area contributed by atoms with Crippen LogP contribution < -0.4 is 4.90 Å². The smallest absolute Gasteiger partial charge is 0.309 e. The second kappa shape index (κ2) is 6.84. The highest BCUT2D eigenvalue weighted by Crippen LogP contribution is 2.57. The molecule has 28 heavy (non-hydrogen) atoms. The van der Waals surface area contributed by atoms with E-state index in [1.165, 1.54) is 0 Å². The van der Waals surface area contributed by atoms with Crippen molar-refractivity contribution in [2.24, 2.45) is 16.7 Å². The van der Waals surface area contributed by atoms with Crippen LogP contribution in [0.25, 0.3) is 0 Å². The van der Waals surface area contributed by atoms with E-state index < -0.39 is 17.0 Å². The summed E-state index contributed by atoms with van der Waals surface area (Å²) in [4.78, 5) is 27.0. The maximum Gasteiger partial charge on any atom is 0.309 e. The molecule has 1 aromatic carbocycles. The molecule has 0 unspecified atom stereocenters. The highest BCUT2D eigenvalue weighted by atomic mass is 79.9. The number of fused-ring (bicyclic) bond motifs is 3. The Labute approximate surface area is 174 Å². The molecule has 0 saturated heterocycles. The largest absolute Gasteiger partial charge is 0.481 e. The Balaban J connectivity index is 1.57. The van der Waals surface area contributed by atoms with Gasteiger partial charge in [0, 0.05) is 22.6 Å². The Morgan fingerprint density at radius 3 is 2.25 bits per heavy atom. The van der Waals surface area contributed by atoms with Gasteiger partial charge in [0.05, 0.1) is 11.0 Å². The van der Waals surface area contributed by atoms with Crippen LogP contribution in [0.3, 0.4) is 0 Å². The quantitative estimate of drug-likeness (QED) is 0.699. The predicted molar refractivity (Wildman–Crippen MR) is 110 cm³/mol. The zero-order valence-electron chi connectivity index (χ0n) is 16.3. The van der Waals surface area contributed by atoms with Crippen LogP contribution in [-0.2, 0) is 9.59 Å². The lowest BCUT2D eigenvalue weighted by molar-refractivity contribution is -0.158.